The van der Waals surface area contributed by atoms with Gasteiger partial charge in [0, 0.05) is 26.5 Å². The highest BCUT2D eigenvalue weighted by molar-refractivity contribution is 5.77. The van der Waals surface area contributed by atoms with Gasteiger partial charge < -0.3 is 5.32 Å². The van der Waals surface area contributed by atoms with Crippen LogP contribution in [0.5, 0.6) is 0 Å². The summed E-state index contributed by atoms with van der Waals surface area (Å²) in [7, 11) is 3.62. The van der Waals surface area contributed by atoms with Crippen molar-refractivity contribution < 1.29 is 0 Å². The number of nitrogens with one attached hydrogen (secondary N) is 1. The minimum absolute atomic E-state index is 1.13. The predicted molar refractivity (Wildman–Crippen MR) is 37.2 cm³/mol. The molecule has 0 atom stereocenters. The fraction of sp³-hybridized carbons (Fsp3) is 0.500. The zero-order valence-corrected chi connectivity index (χ0v) is 5.60. The van der Waals surface area contributed by atoms with Crippen LogP contribution in [0.2, 0.25) is 0 Å². The third kappa shape index (κ3) is 3.40. The smallest absolute Gasteiger partial charge is 0.0277 e. The molecule has 0 aromatic heterocycles. The molecule has 0 amide bonds. The van der Waals surface area contributed by atoms with Crippen LogP contribution in [-0.2, 0) is 0 Å². The van der Waals surface area contributed by atoms with Crippen LogP contribution in [0.1, 0.15) is 6.92 Å². The van der Waals surface area contributed by atoms with Gasteiger partial charge in [0.1, 0.15) is 0 Å². The first-order valence-electron chi connectivity index (χ1n) is 2.57. The van der Waals surface area contributed by atoms with Crippen LogP contribution in [0.15, 0.2) is 16.8 Å². The summed E-state index contributed by atoms with van der Waals surface area (Å²) >= 11 is 0. The van der Waals surface area contributed by atoms with Gasteiger partial charge in [0.2, 0.25) is 0 Å². The molecule has 0 bridgehead atoms. The maximum atomic E-state index is 3.82. The highest BCUT2D eigenvalue weighted by Crippen LogP contribution is 1.81. The third-order valence-electron chi connectivity index (χ3n) is 0.705. The molecule has 46 valence electrons. The average molecular weight is 112 g/mol. The van der Waals surface area contributed by atoms with E-state index in [4.69, 9.17) is 0 Å². The molecule has 0 heterocycles. The second kappa shape index (κ2) is 4.37. The molecule has 0 unspecified atom stereocenters. The van der Waals surface area contributed by atoms with Crippen LogP contribution in [0.4, 0.5) is 0 Å². The summed E-state index contributed by atoms with van der Waals surface area (Å²) in [5.41, 5.74) is 1.13. The van der Waals surface area contributed by atoms with Crippen LogP contribution in [-0.4, -0.2) is 20.3 Å². The van der Waals surface area contributed by atoms with Gasteiger partial charge in [-0.2, -0.15) is 0 Å². The number of rotatable bonds is 2. The lowest BCUT2D eigenvalue weighted by atomic mass is 10.4. The summed E-state index contributed by atoms with van der Waals surface area (Å²) in [6, 6.07) is 0. The molecule has 8 heavy (non-hydrogen) atoms. The predicted octanol–water partition coefficient (Wildman–Crippen LogP) is 0.810. The van der Waals surface area contributed by atoms with Gasteiger partial charge in [0.05, 0.1) is 0 Å². The van der Waals surface area contributed by atoms with Gasteiger partial charge in [-0.1, -0.05) is 0 Å². The van der Waals surface area contributed by atoms with E-state index in [1.807, 2.05) is 20.2 Å². The van der Waals surface area contributed by atoms with Gasteiger partial charge in [-0.25, -0.2) is 0 Å². The molecule has 0 rings (SSSR count). The number of allylic oxidation sites excluding steroid dienone is 1. The Bertz CT molecular complexity index is 103. The second-order valence-corrected chi connectivity index (χ2v) is 1.56. The minimum Gasteiger partial charge on any atom is -0.394 e. The van der Waals surface area contributed by atoms with E-state index in [9.17, 15) is 0 Å². The molecular weight excluding hydrogens is 100 g/mol. The number of aliphatic imine (C=N–C) groups is 1. The van der Waals surface area contributed by atoms with Crippen LogP contribution in [0.25, 0.3) is 0 Å². The zero-order chi connectivity index (χ0) is 6.41. The van der Waals surface area contributed by atoms with Crippen molar-refractivity contribution in [3.05, 3.63) is 11.8 Å². The molecule has 0 aromatic rings. The highest BCUT2D eigenvalue weighted by atomic mass is 14.8. The summed E-state index contributed by atoms with van der Waals surface area (Å²) in [6.07, 6.45) is 3.70. The third-order valence-corrected chi connectivity index (χ3v) is 0.705. The van der Waals surface area contributed by atoms with Crippen molar-refractivity contribution in [2.45, 2.75) is 6.92 Å². The summed E-state index contributed by atoms with van der Waals surface area (Å²) in [6.45, 7) is 1.99. The van der Waals surface area contributed by atoms with E-state index in [1.165, 1.54) is 0 Å². The van der Waals surface area contributed by atoms with Gasteiger partial charge >= 0.3 is 0 Å². The first kappa shape index (κ1) is 7.21. The normalized spacial score (nSPS) is 12.6. The summed E-state index contributed by atoms with van der Waals surface area (Å²) in [4.78, 5) is 3.82. The fourth-order valence-electron chi connectivity index (χ4n) is 0.469. The first-order valence-corrected chi connectivity index (χ1v) is 2.57. The van der Waals surface area contributed by atoms with Crippen molar-refractivity contribution in [2.24, 2.45) is 4.99 Å². The monoisotopic (exact) mass is 112 g/mol. The molecule has 0 radical (unpaired) electrons. The van der Waals surface area contributed by atoms with Crippen molar-refractivity contribution in [3.63, 3.8) is 0 Å². The van der Waals surface area contributed by atoms with Crippen LogP contribution < -0.4 is 5.32 Å². The Balaban J connectivity index is 3.61. The summed E-state index contributed by atoms with van der Waals surface area (Å²) < 4.78 is 0. The number of hydrogen-bond acceptors (Lipinski definition) is 2. The van der Waals surface area contributed by atoms with Gasteiger partial charge in [0.25, 0.3) is 0 Å². The maximum absolute atomic E-state index is 3.82. The molecule has 0 aliphatic rings. The minimum atomic E-state index is 1.13. The SMILES string of the molecule is CN=CC(C)=CNC. The van der Waals surface area contributed by atoms with Crippen LogP contribution in [0, 0.1) is 0 Å². The highest BCUT2D eigenvalue weighted by Gasteiger charge is 1.74. The second-order valence-electron chi connectivity index (χ2n) is 1.56. The van der Waals surface area contributed by atoms with Crippen molar-refractivity contribution >= 4 is 6.21 Å². The first-order chi connectivity index (χ1) is 3.81. The van der Waals surface area contributed by atoms with Gasteiger partial charge in [-0.15, -0.1) is 0 Å². The van der Waals surface area contributed by atoms with Gasteiger partial charge in [-0.05, 0) is 12.5 Å². The Morgan fingerprint density at radius 1 is 1.62 bits per heavy atom. The molecular formula is C6H12N2. The molecule has 0 aromatic carbocycles. The van der Waals surface area contributed by atoms with Crippen molar-refractivity contribution in [2.75, 3.05) is 14.1 Å². The fourth-order valence-corrected chi connectivity index (χ4v) is 0.469. The standard InChI is InChI=1S/C6H12N2/c1-6(4-7-2)5-8-3/h4-5,7H,1-3H3. The van der Waals surface area contributed by atoms with E-state index in [0.717, 1.165) is 5.57 Å². The van der Waals surface area contributed by atoms with Gasteiger partial charge in [-0.3, -0.25) is 4.99 Å². The Morgan fingerprint density at radius 3 is 2.62 bits per heavy atom. The Hall–Kier alpha value is -0.790. The number of nitrogens with zero attached hydrogens (tertiary/aromatic N) is 1. The maximum Gasteiger partial charge on any atom is 0.0277 e. The Labute approximate surface area is 50.3 Å². The van der Waals surface area contributed by atoms with E-state index in [1.54, 1.807) is 13.3 Å². The molecule has 2 nitrogen and oxygen atoms in total. The lowest BCUT2D eigenvalue weighted by molar-refractivity contribution is 1.09. The van der Waals surface area contributed by atoms with Crippen LogP contribution in [0.3, 0.4) is 0 Å². The molecule has 2 heteroatoms. The zero-order valence-electron chi connectivity index (χ0n) is 5.60. The van der Waals surface area contributed by atoms with E-state index < -0.39 is 0 Å². The molecule has 0 saturated heterocycles. The lowest BCUT2D eigenvalue weighted by Gasteiger charge is -1.87. The van der Waals surface area contributed by atoms with E-state index in [-0.39, 0.29) is 0 Å². The Morgan fingerprint density at radius 2 is 2.25 bits per heavy atom. The quantitative estimate of drug-likeness (QED) is 0.525. The van der Waals surface area contributed by atoms with E-state index in [0.29, 0.717) is 0 Å². The van der Waals surface area contributed by atoms with E-state index in [2.05, 4.69) is 10.3 Å². The topological polar surface area (TPSA) is 24.4 Å². The average Bonchev–Trinajstić information content (AvgIpc) is 1.68. The largest absolute Gasteiger partial charge is 0.394 e. The van der Waals surface area contributed by atoms with Crippen LogP contribution >= 0.6 is 0 Å². The summed E-state index contributed by atoms with van der Waals surface area (Å²) in [5.74, 6) is 0. The molecule has 1 N–H and O–H groups in total. The lowest BCUT2D eigenvalue weighted by Crippen LogP contribution is -1.94. The molecule has 0 saturated carbocycles. The summed E-state index contributed by atoms with van der Waals surface area (Å²) in [5, 5.41) is 2.90. The molecule has 0 fully saturated rings. The number of hydrogen-bond donors (Lipinski definition) is 1. The van der Waals surface area contributed by atoms with Crippen molar-refractivity contribution in [3.8, 4) is 0 Å². The van der Waals surface area contributed by atoms with Crippen molar-refractivity contribution in [1.29, 1.82) is 0 Å². The molecule has 0 aliphatic carbocycles. The van der Waals surface area contributed by atoms with E-state index >= 15 is 0 Å². The molecule has 0 spiro atoms. The Kier molecular flexibility index (Phi) is 3.94. The van der Waals surface area contributed by atoms with Crippen molar-refractivity contribution in [1.82, 2.24) is 5.32 Å². The molecule has 0 aliphatic heterocycles. The van der Waals surface area contributed by atoms with Gasteiger partial charge in [0.15, 0.2) is 0 Å².